The number of nitrogens with one attached hydrogen (secondary N) is 3. The smallest absolute Gasteiger partial charge is 0.252 e. The summed E-state index contributed by atoms with van der Waals surface area (Å²) in [7, 11) is -3.57. The number of aromatic hydroxyl groups is 2. The van der Waals surface area contributed by atoms with Crippen LogP contribution in [0.25, 0.3) is 11.3 Å². The average molecular weight is 845 g/mol. The van der Waals surface area contributed by atoms with Gasteiger partial charge in [0.25, 0.3) is 5.16 Å². The summed E-state index contributed by atoms with van der Waals surface area (Å²) in [5.41, 5.74) is 10.5. The molecule has 0 bridgehead atoms. The van der Waals surface area contributed by atoms with Crippen LogP contribution in [-0.2, 0) is 32.4 Å². The fourth-order valence-corrected chi connectivity index (χ4v) is 6.98. The van der Waals surface area contributed by atoms with E-state index in [1.807, 2.05) is 38.2 Å². The number of sulfone groups is 1. The lowest BCUT2D eigenvalue weighted by Crippen LogP contribution is -2.29. The third-order valence-electron chi connectivity index (χ3n) is 9.89. The Morgan fingerprint density at radius 2 is 1.22 bits per heavy atom. The highest BCUT2D eigenvalue weighted by Gasteiger charge is 2.21. The number of fused-ring (bicyclic) bond motifs is 2. The van der Waals surface area contributed by atoms with Gasteiger partial charge in [-0.2, -0.15) is 39.2 Å². The third-order valence-corrected chi connectivity index (χ3v) is 10.7. The second kappa shape index (κ2) is 20.1. The zero-order valence-corrected chi connectivity index (χ0v) is 35.6. The molecule has 0 unspecified atom stereocenters. The topological polar surface area (TPSA) is 241 Å². The van der Waals surface area contributed by atoms with Crippen LogP contribution in [0.15, 0.2) is 66.1 Å². The summed E-state index contributed by atoms with van der Waals surface area (Å²) >= 11 is 0. The lowest BCUT2D eigenvalue weighted by atomic mass is 10.1. The number of hydrogen-bond acceptors (Lipinski definition) is 16. The molecule has 18 nitrogen and oxygen atoms in total. The van der Waals surface area contributed by atoms with Crippen molar-refractivity contribution in [1.82, 2.24) is 39.2 Å². The minimum absolute atomic E-state index is 0.138. The Hall–Kier alpha value is -5.63. The van der Waals surface area contributed by atoms with Gasteiger partial charge in [-0.3, -0.25) is 0 Å². The van der Waals surface area contributed by atoms with Gasteiger partial charge >= 0.3 is 0 Å². The van der Waals surface area contributed by atoms with Gasteiger partial charge in [0.2, 0.25) is 27.7 Å². The lowest BCUT2D eigenvalue weighted by Gasteiger charge is -2.23. The van der Waals surface area contributed by atoms with Gasteiger partial charge in [0.05, 0.1) is 12.4 Å². The first-order valence-electron chi connectivity index (χ1n) is 20.2. The highest BCUT2D eigenvalue weighted by atomic mass is 32.2. The summed E-state index contributed by atoms with van der Waals surface area (Å²) in [4.78, 5) is 17.7. The molecule has 4 aromatic heterocycles. The van der Waals surface area contributed by atoms with E-state index in [-0.39, 0.29) is 28.5 Å². The highest BCUT2D eigenvalue weighted by Crippen LogP contribution is 2.25. The van der Waals surface area contributed by atoms with Crippen LogP contribution in [-0.4, -0.2) is 103 Å². The second-order valence-electron chi connectivity index (χ2n) is 15.5. The van der Waals surface area contributed by atoms with Gasteiger partial charge in [-0.25, -0.2) is 8.42 Å². The maximum absolute atomic E-state index is 11.9. The van der Waals surface area contributed by atoms with Crippen molar-refractivity contribution in [2.45, 2.75) is 95.5 Å². The number of hydrogen-bond donors (Lipinski definition) is 6. The molecule has 0 radical (unpaired) electrons. The Bertz CT molecular complexity index is 2440. The van der Waals surface area contributed by atoms with Crippen LogP contribution in [0, 0.1) is 0 Å². The van der Waals surface area contributed by atoms with Crippen LogP contribution in [0.2, 0.25) is 0 Å². The SMILES string of the molecule is CC(C)c1cnn2c(NCc3cccc(O)c3)nc(NC3CCOCC3)nc12.CC(C)c1cnn2c(NCc3cccc(O)c3)nc(S(C)(=O)=O)nc12.NC1CCOCC1. The van der Waals surface area contributed by atoms with Crippen molar-refractivity contribution in [3.63, 3.8) is 0 Å². The minimum atomic E-state index is -3.57. The Morgan fingerprint density at radius 1 is 0.733 bits per heavy atom. The first kappa shape index (κ1) is 43.9. The molecule has 2 aliphatic heterocycles. The molecule has 0 saturated carbocycles. The van der Waals surface area contributed by atoms with E-state index < -0.39 is 9.84 Å². The van der Waals surface area contributed by atoms with Crippen molar-refractivity contribution in [3.05, 3.63) is 83.2 Å². The van der Waals surface area contributed by atoms with Crippen molar-refractivity contribution >= 4 is 39.0 Å². The molecule has 322 valence electrons. The van der Waals surface area contributed by atoms with Crippen LogP contribution in [0.1, 0.15) is 87.5 Å². The molecule has 2 fully saturated rings. The molecule has 19 heteroatoms. The summed E-state index contributed by atoms with van der Waals surface area (Å²) in [6, 6.07) is 14.6. The van der Waals surface area contributed by atoms with E-state index in [2.05, 4.69) is 54.9 Å². The molecule has 2 aliphatic rings. The fraction of sp³-hybridized carbons (Fsp3) is 0.463. The monoisotopic (exact) mass is 844 g/mol. The minimum Gasteiger partial charge on any atom is -0.508 e. The number of anilines is 3. The number of aromatic nitrogens is 8. The van der Waals surface area contributed by atoms with Crippen LogP contribution in [0.4, 0.5) is 17.8 Å². The highest BCUT2D eigenvalue weighted by molar-refractivity contribution is 7.90. The average Bonchev–Trinajstić information content (AvgIpc) is 3.86. The van der Waals surface area contributed by atoms with E-state index in [1.165, 1.54) is 4.52 Å². The van der Waals surface area contributed by atoms with Crippen molar-refractivity contribution in [3.8, 4) is 11.5 Å². The van der Waals surface area contributed by atoms with Crippen LogP contribution < -0.4 is 21.7 Å². The predicted molar refractivity (Wildman–Crippen MR) is 229 cm³/mol. The normalized spacial score (nSPS) is 15.1. The second-order valence-corrected chi connectivity index (χ2v) is 17.4. The Labute approximate surface area is 349 Å². The van der Waals surface area contributed by atoms with Crippen LogP contribution >= 0.6 is 0 Å². The lowest BCUT2D eigenvalue weighted by molar-refractivity contribution is 0.0866. The third kappa shape index (κ3) is 11.8. The number of nitrogens with two attached hydrogens (primary N) is 1. The van der Waals surface area contributed by atoms with E-state index in [0.29, 0.717) is 48.6 Å². The molecule has 6 aromatic rings. The quantitative estimate of drug-likeness (QED) is 0.0976. The summed E-state index contributed by atoms with van der Waals surface area (Å²) in [5.74, 6) is 2.34. The molecular formula is C41H56N12O6S. The van der Waals surface area contributed by atoms with Crippen molar-refractivity contribution in [2.75, 3.05) is 48.6 Å². The van der Waals surface area contributed by atoms with Crippen molar-refractivity contribution in [1.29, 1.82) is 0 Å². The predicted octanol–water partition coefficient (Wildman–Crippen LogP) is 5.25. The zero-order valence-electron chi connectivity index (χ0n) is 34.7. The standard InChI is InChI=1S/C20H26N6O2.C16H19N5O3S.C5H11NO/c1-13(2)17-12-22-26-18(17)24-19(23-15-6-8-28-9-7-15)25-20(26)21-11-14-4-3-5-16(27)10-14;1-10(2)13-9-18-21-14(13)19-16(25(3,23)24)20-15(21)17-8-11-5-4-6-12(22)7-11;6-5-1-3-7-4-2-5/h3-5,10,12-13,15,27H,6-9,11H2,1-2H3,(H2,21,23,24,25);4-7,9-10,22H,8H2,1-3H3,(H,17,19,20);5H,1-4,6H2. The Morgan fingerprint density at radius 3 is 1.67 bits per heavy atom. The maximum Gasteiger partial charge on any atom is 0.252 e. The molecule has 0 amide bonds. The first-order valence-corrected chi connectivity index (χ1v) is 22.1. The number of nitrogens with zero attached hydrogens (tertiary/aromatic N) is 8. The summed E-state index contributed by atoms with van der Waals surface area (Å²) < 4.78 is 37.6. The summed E-state index contributed by atoms with van der Waals surface area (Å²) in [6.45, 7) is 12.3. The summed E-state index contributed by atoms with van der Waals surface area (Å²) in [6.07, 6.45) is 8.56. The number of phenolic OH excluding ortho intramolecular Hbond substituents is 2. The van der Waals surface area contributed by atoms with Gasteiger partial charge in [-0.05, 0) is 72.9 Å². The molecule has 0 aliphatic carbocycles. The molecule has 0 atom stereocenters. The van der Waals surface area contributed by atoms with E-state index >= 15 is 0 Å². The van der Waals surface area contributed by atoms with Gasteiger partial charge in [0, 0.05) is 69.0 Å². The van der Waals surface area contributed by atoms with Gasteiger partial charge in [-0.15, -0.1) is 0 Å². The number of ether oxygens (including phenoxy) is 2. The first-order chi connectivity index (χ1) is 28.7. The molecule has 60 heavy (non-hydrogen) atoms. The number of rotatable bonds is 11. The van der Waals surface area contributed by atoms with Gasteiger partial charge in [0.1, 0.15) is 11.5 Å². The fourth-order valence-electron chi connectivity index (χ4n) is 6.48. The van der Waals surface area contributed by atoms with Gasteiger partial charge < -0.3 is 41.4 Å². The Kier molecular flexibility index (Phi) is 14.7. The largest absolute Gasteiger partial charge is 0.508 e. The number of phenols is 2. The molecule has 8 rings (SSSR count). The molecule has 2 saturated heterocycles. The zero-order chi connectivity index (χ0) is 42.8. The number of benzene rings is 2. The Balaban J connectivity index is 0.000000174. The van der Waals surface area contributed by atoms with Crippen LogP contribution in [0.3, 0.4) is 0 Å². The van der Waals surface area contributed by atoms with Crippen LogP contribution in [0.5, 0.6) is 11.5 Å². The summed E-state index contributed by atoms with van der Waals surface area (Å²) in [5, 5.41) is 37.6. The van der Waals surface area contributed by atoms with E-state index in [1.54, 1.807) is 41.0 Å². The molecular weight excluding hydrogens is 789 g/mol. The molecule has 0 spiro atoms. The van der Waals surface area contributed by atoms with E-state index in [0.717, 1.165) is 86.3 Å². The van der Waals surface area contributed by atoms with E-state index in [9.17, 15) is 18.6 Å². The molecule has 7 N–H and O–H groups in total. The van der Waals surface area contributed by atoms with E-state index in [4.69, 9.17) is 20.2 Å². The molecule has 2 aromatic carbocycles. The van der Waals surface area contributed by atoms with Crippen molar-refractivity contribution < 1.29 is 28.1 Å². The van der Waals surface area contributed by atoms with Crippen molar-refractivity contribution in [2.24, 2.45) is 5.73 Å². The molecule has 6 heterocycles. The van der Waals surface area contributed by atoms with Gasteiger partial charge in [-0.1, -0.05) is 52.0 Å². The maximum atomic E-state index is 11.9. The van der Waals surface area contributed by atoms with Gasteiger partial charge in [0.15, 0.2) is 11.3 Å².